The molecule has 1 saturated carbocycles. The highest BCUT2D eigenvalue weighted by Gasteiger charge is 2.22. The van der Waals surface area contributed by atoms with Crippen molar-refractivity contribution in [2.75, 3.05) is 39.5 Å². The van der Waals surface area contributed by atoms with Crippen LogP contribution in [0.3, 0.4) is 0 Å². The van der Waals surface area contributed by atoms with Gasteiger partial charge in [0, 0.05) is 38.7 Å². The van der Waals surface area contributed by atoms with Crippen molar-refractivity contribution in [1.82, 2.24) is 9.62 Å². The van der Waals surface area contributed by atoms with Crippen LogP contribution in [0.2, 0.25) is 0 Å². The van der Waals surface area contributed by atoms with Crippen molar-refractivity contribution in [3.63, 3.8) is 0 Å². The third kappa shape index (κ3) is 8.97. The summed E-state index contributed by atoms with van der Waals surface area (Å²) in [5.74, 6) is 0.538. The second kappa shape index (κ2) is 11.7. The van der Waals surface area contributed by atoms with E-state index in [1.807, 2.05) is 0 Å². The van der Waals surface area contributed by atoms with E-state index in [1.54, 1.807) is 12.1 Å². The largest absolute Gasteiger partial charge is 0.493 e. The van der Waals surface area contributed by atoms with Crippen molar-refractivity contribution in [3.8, 4) is 5.75 Å². The number of nitrogens with zero attached hydrogens (tertiary/aromatic N) is 1. The van der Waals surface area contributed by atoms with Gasteiger partial charge < -0.3 is 25.2 Å². The molecular formula is C19H29N3O7S. The van der Waals surface area contributed by atoms with E-state index in [0.717, 1.165) is 17.7 Å². The maximum Gasteiger partial charge on any atom is 0.407 e. The zero-order valence-corrected chi connectivity index (χ0v) is 17.6. The number of nitrogens with one attached hydrogen (secondary N) is 1. The molecule has 2 rings (SSSR count). The number of nitrogens with two attached hydrogens (primary N) is 1. The summed E-state index contributed by atoms with van der Waals surface area (Å²) in [5.41, 5.74) is 5.02. The van der Waals surface area contributed by atoms with Gasteiger partial charge in [0.1, 0.15) is 5.75 Å². The molecule has 168 valence electrons. The van der Waals surface area contributed by atoms with Gasteiger partial charge in [-0.05, 0) is 37.3 Å². The predicted octanol–water partition coefficient (Wildman–Crippen LogP) is 1.02. The lowest BCUT2D eigenvalue weighted by molar-refractivity contribution is -0.118. The predicted molar refractivity (Wildman–Crippen MR) is 109 cm³/mol. The molecule has 0 radical (unpaired) electrons. The van der Waals surface area contributed by atoms with Crippen LogP contribution < -0.4 is 15.2 Å². The normalized spacial score (nSPS) is 13.7. The molecule has 30 heavy (non-hydrogen) atoms. The van der Waals surface area contributed by atoms with Crippen LogP contribution in [0.15, 0.2) is 29.2 Å². The molecular weight excluding hydrogens is 414 g/mol. The Balaban J connectivity index is 1.65. The first-order valence-electron chi connectivity index (χ1n) is 9.84. The second-order valence-electron chi connectivity index (χ2n) is 7.08. The number of carbonyl (C=O) groups is 2. The number of sulfonamides is 1. The molecule has 0 atom stereocenters. The summed E-state index contributed by atoms with van der Waals surface area (Å²) in [6, 6.07) is 6.37. The fourth-order valence-electron chi connectivity index (χ4n) is 2.57. The van der Waals surface area contributed by atoms with Gasteiger partial charge in [-0.3, -0.25) is 4.79 Å². The molecule has 0 aromatic heterocycles. The number of ether oxygens (including phenoxy) is 2. The fourth-order valence-corrected chi connectivity index (χ4v) is 3.62. The number of benzene rings is 1. The number of hydrogen-bond donors (Lipinski definition) is 3. The Morgan fingerprint density at radius 2 is 2.00 bits per heavy atom. The van der Waals surface area contributed by atoms with Crippen LogP contribution in [-0.2, 0) is 19.6 Å². The van der Waals surface area contributed by atoms with Crippen molar-refractivity contribution >= 4 is 22.0 Å². The maximum atomic E-state index is 12.4. The van der Waals surface area contributed by atoms with Gasteiger partial charge in [0.15, 0.2) is 0 Å². The van der Waals surface area contributed by atoms with Gasteiger partial charge in [-0.2, -0.15) is 0 Å². The number of carboxylic acid groups (broad SMARTS) is 1. The summed E-state index contributed by atoms with van der Waals surface area (Å²) < 4.78 is 38.2. The smallest absolute Gasteiger partial charge is 0.407 e. The molecule has 2 amide bonds. The lowest BCUT2D eigenvalue weighted by atomic mass is 10.3. The molecule has 0 saturated heterocycles. The van der Waals surface area contributed by atoms with Crippen LogP contribution in [-0.4, -0.2) is 69.9 Å². The van der Waals surface area contributed by atoms with E-state index in [0.29, 0.717) is 24.7 Å². The minimum absolute atomic E-state index is 0.0356. The third-order valence-corrected chi connectivity index (χ3v) is 5.91. The van der Waals surface area contributed by atoms with E-state index < -0.39 is 22.0 Å². The first kappa shape index (κ1) is 23.9. The zero-order chi connectivity index (χ0) is 22.0. The first-order valence-corrected chi connectivity index (χ1v) is 11.3. The number of rotatable bonds is 15. The minimum atomic E-state index is -3.68. The number of hydrogen-bond acceptors (Lipinski definition) is 6. The molecule has 0 unspecified atom stereocenters. The molecule has 1 fully saturated rings. The zero-order valence-electron chi connectivity index (χ0n) is 16.8. The highest BCUT2D eigenvalue weighted by Crippen LogP contribution is 2.29. The lowest BCUT2D eigenvalue weighted by Crippen LogP contribution is -2.34. The molecule has 1 aromatic rings. The minimum Gasteiger partial charge on any atom is -0.493 e. The lowest BCUT2D eigenvalue weighted by Gasteiger charge is -2.18. The molecule has 0 bridgehead atoms. The van der Waals surface area contributed by atoms with Crippen LogP contribution >= 0.6 is 0 Å². The van der Waals surface area contributed by atoms with Crippen molar-refractivity contribution in [2.24, 2.45) is 11.7 Å². The molecule has 11 heteroatoms. The van der Waals surface area contributed by atoms with Gasteiger partial charge in [0.2, 0.25) is 15.9 Å². The molecule has 10 nitrogen and oxygen atoms in total. The SMILES string of the molecule is NC(=O)CCN(CCCOCCNS(=O)(=O)c1cccc(OCC2CC2)c1)C(=O)O. The average Bonchev–Trinajstić information content (AvgIpc) is 3.52. The van der Waals surface area contributed by atoms with E-state index in [1.165, 1.54) is 12.1 Å². The second-order valence-corrected chi connectivity index (χ2v) is 8.85. The maximum absolute atomic E-state index is 12.4. The average molecular weight is 444 g/mol. The standard InChI is InChI=1S/C19H29N3O7S/c20-18(23)7-10-22(19(24)25)9-2-11-28-12-8-21-30(26,27)17-4-1-3-16(13-17)29-14-15-5-6-15/h1,3-4,13,15,21H,2,5-12,14H2,(H2,20,23)(H,24,25). The van der Waals surface area contributed by atoms with E-state index in [2.05, 4.69) is 4.72 Å². The van der Waals surface area contributed by atoms with Gasteiger partial charge in [0.25, 0.3) is 0 Å². The first-order chi connectivity index (χ1) is 14.3. The molecule has 0 heterocycles. The molecule has 1 aliphatic carbocycles. The summed E-state index contributed by atoms with van der Waals surface area (Å²) in [5, 5.41) is 9.06. The van der Waals surface area contributed by atoms with Gasteiger partial charge in [-0.25, -0.2) is 17.9 Å². The Morgan fingerprint density at radius 1 is 1.23 bits per heavy atom. The Hall–Kier alpha value is -2.37. The van der Waals surface area contributed by atoms with Crippen LogP contribution in [0.5, 0.6) is 5.75 Å². The summed E-state index contributed by atoms with van der Waals surface area (Å²) in [4.78, 5) is 23.0. The van der Waals surface area contributed by atoms with Crippen LogP contribution in [0.4, 0.5) is 4.79 Å². The van der Waals surface area contributed by atoms with Gasteiger partial charge in [0.05, 0.1) is 18.1 Å². The number of carbonyl (C=O) groups excluding carboxylic acids is 1. The van der Waals surface area contributed by atoms with Crippen molar-refractivity contribution in [2.45, 2.75) is 30.6 Å². The van der Waals surface area contributed by atoms with Crippen LogP contribution in [0.1, 0.15) is 25.7 Å². The van der Waals surface area contributed by atoms with Gasteiger partial charge >= 0.3 is 6.09 Å². The highest BCUT2D eigenvalue weighted by molar-refractivity contribution is 7.89. The molecule has 0 aliphatic heterocycles. The number of primary amides is 1. The van der Waals surface area contributed by atoms with Crippen LogP contribution in [0.25, 0.3) is 0 Å². The Morgan fingerprint density at radius 3 is 2.67 bits per heavy atom. The summed E-state index contributed by atoms with van der Waals surface area (Å²) in [7, 11) is -3.68. The van der Waals surface area contributed by atoms with E-state index in [4.69, 9.17) is 20.3 Å². The monoisotopic (exact) mass is 443 g/mol. The molecule has 1 aromatic carbocycles. The van der Waals surface area contributed by atoms with Gasteiger partial charge in [-0.1, -0.05) is 6.07 Å². The summed E-state index contributed by atoms with van der Waals surface area (Å²) >= 11 is 0. The van der Waals surface area contributed by atoms with Crippen molar-refractivity contribution in [3.05, 3.63) is 24.3 Å². The van der Waals surface area contributed by atoms with E-state index in [9.17, 15) is 18.0 Å². The Bertz CT molecular complexity index is 812. The Kier molecular flexibility index (Phi) is 9.34. The van der Waals surface area contributed by atoms with Crippen molar-refractivity contribution in [1.29, 1.82) is 0 Å². The number of amides is 2. The molecule has 4 N–H and O–H groups in total. The summed E-state index contributed by atoms with van der Waals surface area (Å²) in [6.45, 7) is 1.32. The van der Waals surface area contributed by atoms with Crippen LogP contribution in [0, 0.1) is 5.92 Å². The van der Waals surface area contributed by atoms with Crippen molar-refractivity contribution < 1.29 is 32.6 Å². The summed E-state index contributed by atoms with van der Waals surface area (Å²) in [6.07, 6.45) is 1.55. The topological polar surface area (TPSA) is 148 Å². The van der Waals surface area contributed by atoms with E-state index in [-0.39, 0.29) is 44.2 Å². The highest BCUT2D eigenvalue weighted by atomic mass is 32.2. The fraction of sp³-hybridized carbons (Fsp3) is 0.579. The molecule has 0 spiro atoms. The molecule has 1 aliphatic rings. The van der Waals surface area contributed by atoms with Gasteiger partial charge in [-0.15, -0.1) is 0 Å². The quantitative estimate of drug-likeness (QED) is 0.343. The van der Waals surface area contributed by atoms with E-state index >= 15 is 0 Å². The Labute approximate surface area is 176 Å². The third-order valence-electron chi connectivity index (χ3n) is 4.45.